The topological polar surface area (TPSA) is 38.3 Å². The van der Waals surface area contributed by atoms with Gasteiger partial charge >= 0.3 is 12.3 Å². The molecule has 1 N–H and O–H groups in total. The number of halogens is 3. The van der Waals surface area contributed by atoms with E-state index in [0.29, 0.717) is 5.56 Å². The van der Waals surface area contributed by atoms with Gasteiger partial charge in [-0.25, -0.2) is 4.79 Å². The van der Waals surface area contributed by atoms with Gasteiger partial charge in [-0.15, -0.1) is 0 Å². The quantitative estimate of drug-likeness (QED) is 0.808. The van der Waals surface area contributed by atoms with Gasteiger partial charge in [-0.2, -0.15) is 13.2 Å². The Morgan fingerprint density at radius 3 is 2.50 bits per heavy atom. The number of methoxy groups -OCH3 is 1. The van der Waals surface area contributed by atoms with Gasteiger partial charge in [0.25, 0.3) is 0 Å². The molecule has 0 aromatic heterocycles. The van der Waals surface area contributed by atoms with Crippen LogP contribution in [0.2, 0.25) is 0 Å². The Kier molecular flexibility index (Phi) is 3.41. The van der Waals surface area contributed by atoms with E-state index >= 15 is 0 Å². The lowest BCUT2D eigenvalue weighted by Gasteiger charge is -2.11. The van der Waals surface area contributed by atoms with Crippen molar-refractivity contribution in [2.45, 2.75) is 13.1 Å². The third-order valence-corrected chi connectivity index (χ3v) is 1.99. The Balaban J connectivity index is 3.04. The molecule has 88 valence electrons. The van der Waals surface area contributed by atoms with Crippen molar-refractivity contribution in [2.75, 3.05) is 12.4 Å². The second-order valence-corrected chi connectivity index (χ2v) is 3.14. The van der Waals surface area contributed by atoms with E-state index in [-0.39, 0.29) is 5.69 Å². The maximum atomic E-state index is 12.4. The number of nitrogens with one attached hydrogen (secondary N) is 1. The highest BCUT2D eigenvalue weighted by Gasteiger charge is 2.30. The Bertz CT molecular complexity index is 402. The van der Waals surface area contributed by atoms with Gasteiger partial charge in [-0.1, -0.05) is 6.07 Å². The fraction of sp³-hybridized carbons (Fsp3) is 0.300. The van der Waals surface area contributed by atoms with Gasteiger partial charge < -0.3 is 4.74 Å². The third-order valence-electron chi connectivity index (χ3n) is 1.99. The van der Waals surface area contributed by atoms with Crippen molar-refractivity contribution in [3.63, 3.8) is 0 Å². The number of ether oxygens (including phenoxy) is 1. The molecular formula is C10H10F3NO2. The minimum Gasteiger partial charge on any atom is -0.453 e. The van der Waals surface area contributed by atoms with Crippen LogP contribution in [0, 0.1) is 6.92 Å². The molecule has 6 heteroatoms. The highest BCUT2D eigenvalue weighted by molar-refractivity contribution is 5.85. The Morgan fingerprint density at radius 2 is 2.00 bits per heavy atom. The number of amides is 1. The maximum Gasteiger partial charge on any atom is 0.416 e. The molecule has 0 radical (unpaired) electrons. The van der Waals surface area contributed by atoms with Crippen LogP contribution < -0.4 is 5.32 Å². The molecule has 0 aliphatic heterocycles. The molecule has 0 fully saturated rings. The smallest absolute Gasteiger partial charge is 0.416 e. The van der Waals surface area contributed by atoms with E-state index in [1.165, 1.54) is 6.07 Å². The molecule has 0 unspecified atom stereocenters. The molecule has 0 spiro atoms. The van der Waals surface area contributed by atoms with Gasteiger partial charge in [0.2, 0.25) is 0 Å². The molecule has 0 aliphatic carbocycles. The van der Waals surface area contributed by atoms with E-state index in [9.17, 15) is 18.0 Å². The average molecular weight is 233 g/mol. The highest BCUT2D eigenvalue weighted by Crippen LogP contribution is 2.31. The van der Waals surface area contributed by atoms with Crippen molar-refractivity contribution in [1.29, 1.82) is 0 Å². The molecule has 0 aliphatic rings. The second-order valence-electron chi connectivity index (χ2n) is 3.14. The van der Waals surface area contributed by atoms with E-state index in [4.69, 9.17) is 0 Å². The number of alkyl halides is 3. The first-order valence-electron chi connectivity index (χ1n) is 4.37. The van der Waals surface area contributed by atoms with Crippen LogP contribution in [0.5, 0.6) is 0 Å². The van der Waals surface area contributed by atoms with Crippen molar-refractivity contribution in [3.8, 4) is 0 Å². The number of anilines is 1. The van der Waals surface area contributed by atoms with Crippen molar-refractivity contribution in [2.24, 2.45) is 0 Å². The number of carbonyl (C=O) groups excluding carboxylic acids is 1. The van der Waals surface area contributed by atoms with Crippen molar-refractivity contribution < 1.29 is 22.7 Å². The molecular weight excluding hydrogens is 223 g/mol. The lowest BCUT2D eigenvalue weighted by atomic mass is 10.1. The lowest BCUT2D eigenvalue weighted by molar-refractivity contribution is -0.137. The fourth-order valence-electron chi connectivity index (χ4n) is 1.09. The van der Waals surface area contributed by atoms with E-state index in [2.05, 4.69) is 10.1 Å². The van der Waals surface area contributed by atoms with Crippen molar-refractivity contribution in [3.05, 3.63) is 29.3 Å². The molecule has 0 saturated heterocycles. The van der Waals surface area contributed by atoms with Crippen LogP contribution in [0.1, 0.15) is 11.1 Å². The molecule has 3 nitrogen and oxygen atoms in total. The van der Waals surface area contributed by atoms with Gasteiger partial charge in [0.15, 0.2) is 0 Å². The molecule has 0 atom stereocenters. The summed E-state index contributed by atoms with van der Waals surface area (Å²) in [6.45, 7) is 1.59. The normalized spacial score (nSPS) is 11.1. The van der Waals surface area contributed by atoms with E-state index < -0.39 is 17.8 Å². The van der Waals surface area contributed by atoms with Crippen LogP contribution >= 0.6 is 0 Å². The van der Waals surface area contributed by atoms with Gasteiger partial charge in [0, 0.05) is 5.69 Å². The number of hydrogen-bond acceptors (Lipinski definition) is 2. The van der Waals surface area contributed by atoms with E-state index in [1.807, 2.05) is 0 Å². The van der Waals surface area contributed by atoms with Crippen LogP contribution in [0.15, 0.2) is 18.2 Å². The molecule has 1 amide bonds. The molecule has 0 bridgehead atoms. The summed E-state index contributed by atoms with van der Waals surface area (Å²) in [7, 11) is 1.14. The zero-order chi connectivity index (χ0) is 12.3. The first-order chi connectivity index (χ1) is 7.34. The summed E-state index contributed by atoms with van der Waals surface area (Å²) in [5.41, 5.74) is -0.204. The molecule has 1 rings (SSSR count). The summed E-state index contributed by atoms with van der Waals surface area (Å²) >= 11 is 0. The predicted octanol–water partition coefficient (Wildman–Crippen LogP) is 3.19. The minimum absolute atomic E-state index is 0.0849. The Morgan fingerprint density at radius 1 is 1.38 bits per heavy atom. The molecule has 0 saturated carbocycles. The molecule has 16 heavy (non-hydrogen) atoms. The van der Waals surface area contributed by atoms with Gasteiger partial charge in [0.1, 0.15) is 0 Å². The van der Waals surface area contributed by atoms with Gasteiger partial charge in [0.05, 0.1) is 12.7 Å². The molecule has 0 heterocycles. The first kappa shape index (κ1) is 12.4. The van der Waals surface area contributed by atoms with Crippen LogP contribution in [0.25, 0.3) is 0 Å². The molecule has 1 aromatic rings. The summed E-state index contributed by atoms with van der Waals surface area (Å²) in [5.74, 6) is 0. The van der Waals surface area contributed by atoms with Gasteiger partial charge in [-0.05, 0) is 24.6 Å². The summed E-state index contributed by atoms with van der Waals surface area (Å²) in [4.78, 5) is 10.9. The largest absolute Gasteiger partial charge is 0.453 e. The molecule has 1 aromatic carbocycles. The monoisotopic (exact) mass is 233 g/mol. The first-order valence-corrected chi connectivity index (χ1v) is 4.37. The average Bonchev–Trinajstić information content (AvgIpc) is 2.19. The fourth-order valence-corrected chi connectivity index (χ4v) is 1.09. The number of carbonyl (C=O) groups is 1. The maximum absolute atomic E-state index is 12.4. The SMILES string of the molecule is COC(=O)Nc1cc(C(F)(F)F)ccc1C. The van der Waals surface area contributed by atoms with Crippen LogP contribution in [-0.2, 0) is 10.9 Å². The zero-order valence-corrected chi connectivity index (χ0v) is 8.68. The lowest BCUT2D eigenvalue weighted by Crippen LogP contribution is -2.13. The van der Waals surface area contributed by atoms with Crippen LogP contribution in [0.4, 0.5) is 23.7 Å². The number of benzene rings is 1. The van der Waals surface area contributed by atoms with E-state index in [1.54, 1.807) is 6.92 Å². The highest BCUT2D eigenvalue weighted by atomic mass is 19.4. The Labute approximate surface area is 90.2 Å². The summed E-state index contributed by atoms with van der Waals surface area (Å²) < 4.78 is 41.4. The Hall–Kier alpha value is -1.72. The van der Waals surface area contributed by atoms with Gasteiger partial charge in [-0.3, -0.25) is 5.32 Å². The van der Waals surface area contributed by atoms with Crippen LogP contribution in [-0.4, -0.2) is 13.2 Å². The number of rotatable bonds is 1. The van der Waals surface area contributed by atoms with Crippen molar-refractivity contribution in [1.82, 2.24) is 0 Å². The standard InChI is InChI=1S/C10H10F3NO2/c1-6-3-4-7(10(11,12)13)5-8(6)14-9(15)16-2/h3-5H,1-2H3,(H,14,15). The number of aryl methyl sites for hydroxylation is 1. The van der Waals surface area contributed by atoms with Crippen LogP contribution in [0.3, 0.4) is 0 Å². The van der Waals surface area contributed by atoms with E-state index in [0.717, 1.165) is 19.2 Å². The summed E-state index contributed by atoms with van der Waals surface area (Å²) in [6.07, 6.45) is -5.23. The minimum atomic E-state index is -4.43. The summed E-state index contributed by atoms with van der Waals surface area (Å²) in [5, 5.41) is 2.21. The summed E-state index contributed by atoms with van der Waals surface area (Å²) in [6, 6.07) is 3.11. The zero-order valence-electron chi connectivity index (χ0n) is 8.68. The van der Waals surface area contributed by atoms with Crippen molar-refractivity contribution >= 4 is 11.8 Å². The second kappa shape index (κ2) is 4.42. The third kappa shape index (κ3) is 2.88. The number of hydrogen-bond donors (Lipinski definition) is 1. The predicted molar refractivity (Wildman–Crippen MR) is 52.2 cm³/mol.